The molecule has 0 saturated carbocycles. The highest BCUT2D eigenvalue weighted by Gasteiger charge is 2.30. The summed E-state index contributed by atoms with van der Waals surface area (Å²) >= 11 is 12.1. The molecule has 2 rings (SSSR count). The van der Waals surface area contributed by atoms with E-state index >= 15 is 0 Å². The van der Waals surface area contributed by atoms with E-state index in [1.807, 2.05) is 0 Å². The number of hydrogen-bond acceptors (Lipinski definition) is 3. The summed E-state index contributed by atoms with van der Waals surface area (Å²) in [5.74, 6) is -0.683. The van der Waals surface area contributed by atoms with Gasteiger partial charge in [0.25, 0.3) is 0 Å². The molecule has 0 aromatic heterocycles. The van der Waals surface area contributed by atoms with Gasteiger partial charge in [0.2, 0.25) is 5.91 Å². The molecule has 21 heavy (non-hydrogen) atoms. The Morgan fingerprint density at radius 2 is 2.00 bits per heavy atom. The molecule has 1 aromatic rings. The van der Waals surface area contributed by atoms with Gasteiger partial charge in [0.1, 0.15) is 0 Å². The quantitative estimate of drug-likeness (QED) is 0.633. The predicted octanol–water partition coefficient (Wildman–Crippen LogP) is 3.03. The van der Waals surface area contributed by atoms with Gasteiger partial charge >= 0.3 is 5.97 Å². The highest BCUT2D eigenvalue weighted by Crippen LogP contribution is 2.26. The van der Waals surface area contributed by atoms with E-state index in [1.54, 1.807) is 29.2 Å². The second-order valence-corrected chi connectivity index (χ2v) is 5.58. The molecule has 1 aliphatic rings. The first-order chi connectivity index (χ1) is 10.0. The lowest BCUT2D eigenvalue weighted by atomic mass is 10.1. The molecular weight excluding hydrogens is 313 g/mol. The number of hydrogen-bond donors (Lipinski definition) is 0. The summed E-state index contributed by atoms with van der Waals surface area (Å²) in [7, 11) is 1.35. The smallest absolute Gasteiger partial charge is 0.310 e. The van der Waals surface area contributed by atoms with Crippen LogP contribution in [0.3, 0.4) is 0 Å². The summed E-state index contributed by atoms with van der Waals surface area (Å²) in [4.78, 5) is 25.2. The van der Waals surface area contributed by atoms with Crippen LogP contribution in [0.25, 0.3) is 6.08 Å². The average Bonchev–Trinajstić information content (AvgIpc) is 2.95. The van der Waals surface area contributed by atoms with Gasteiger partial charge in [-0.3, -0.25) is 9.59 Å². The maximum Gasteiger partial charge on any atom is 0.310 e. The fourth-order valence-electron chi connectivity index (χ4n) is 2.25. The van der Waals surface area contributed by atoms with Gasteiger partial charge in [0.05, 0.1) is 13.0 Å². The van der Waals surface area contributed by atoms with E-state index in [2.05, 4.69) is 0 Å². The maximum absolute atomic E-state index is 12.1. The molecule has 1 fully saturated rings. The lowest BCUT2D eigenvalue weighted by Gasteiger charge is -2.13. The molecule has 1 heterocycles. The Hall–Kier alpha value is -1.52. The van der Waals surface area contributed by atoms with Gasteiger partial charge in [-0.15, -0.1) is 0 Å². The Morgan fingerprint density at radius 1 is 1.33 bits per heavy atom. The van der Waals surface area contributed by atoms with Crippen molar-refractivity contribution in [3.05, 3.63) is 39.9 Å². The van der Waals surface area contributed by atoms with Crippen LogP contribution in [-0.2, 0) is 14.3 Å². The summed E-state index contributed by atoms with van der Waals surface area (Å²) in [6.45, 7) is 0.922. The van der Waals surface area contributed by atoms with Crippen molar-refractivity contribution >= 4 is 41.2 Å². The van der Waals surface area contributed by atoms with Gasteiger partial charge in [-0.2, -0.15) is 0 Å². The van der Waals surface area contributed by atoms with Gasteiger partial charge in [-0.1, -0.05) is 29.3 Å². The van der Waals surface area contributed by atoms with E-state index in [0.717, 1.165) is 0 Å². The van der Waals surface area contributed by atoms with E-state index < -0.39 is 0 Å². The molecule has 1 aromatic carbocycles. The zero-order valence-corrected chi connectivity index (χ0v) is 13.0. The van der Waals surface area contributed by atoms with Crippen LogP contribution in [-0.4, -0.2) is 37.0 Å². The van der Waals surface area contributed by atoms with E-state index in [1.165, 1.54) is 13.2 Å². The number of methoxy groups -OCH3 is 1. The molecule has 4 nitrogen and oxygen atoms in total. The molecule has 0 bridgehead atoms. The lowest BCUT2D eigenvalue weighted by Crippen LogP contribution is -2.28. The number of carbonyl (C=O) groups excluding carboxylic acids is 2. The number of carbonyl (C=O) groups is 2. The largest absolute Gasteiger partial charge is 0.469 e. The summed E-state index contributed by atoms with van der Waals surface area (Å²) < 4.78 is 4.69. The van der Waals surface area contributed by atoms with Crippen LogP contribution in [0, 0.1) is 5.92 Å². The Kier molecular flexibility index (Phi) is 5.26. The van der Waals surface area contributed by atoms with Gasteiger partial charge in [0, 0.05) is 34.8 Å². The van der Waals surface area contributed by atoms with Crippen molar-refractivity contribution in [2.45, 2.75) is 6.42 Å². The fraction of sp³-hybridized carbons (Fsp3) is 0.333. The average molecular weight is 328 g/mol. The molecule has 0 N–H and O–H groups in total. The van der Waals surface area contributed by atoms with Crippen molar-refractivity contribution < 1.29 is 14.3 Å². The molecule has 1 atom stereocenters. The first kappa shape index (κ1) is 15.9. The standard InChI is InChI=1S/C15H15Cl2NO3/c1-21-15(20)10-7-8-18(9-10)14(19)6-5-11-12(16)3-2-4-13(11)17/h2-6,10H,7-9H2,1H3/b6-5+. The topological polar surface area (TPSA) is 46.6 Å². The number of esters is 1. The first-order valence-electron chi connectivity index (χ1n) is 6.51. The van der Waals surface area contributed by atoms with Crippen molar-refractivity contribution in [1.82, 2.24) is 4.90 Å². The van der Waals surface area contributed by atoms with Gasteiger partial charge in [-0.25, -0.2) is 0 Å². The van der Waals surface area contributed by atoms with Crippen molar-refractivity contribution in [1.29, 1.82) is 0 Å². The number of ether oxygens (including phenoxy) is 1. The number of halogens is 2. The third-order valence-corrected chi connectivity index (χ3v) is 4.09. The van der Waals surface area contributed by atoms with Crippen molar-refractivity contribution in [2.24, 2.45) is 5.92 Å². The molecule has 0 aliphatic carbocycles. The summed E-state index contributed by atoms with van der Waals surface area (Å²) in [6.07, 6.45) is 3.64. The second kappa shape index (κ2) is 6.96. The number of benzene rings is 1. The minimum Gasteiger partial charge on any atom is -0.469 e. The summed E-state index contributed by atoms with van der Waals surface area (Å²) in [6, 6.07) is 5.16. The highest BCUT2D eigenvalue weighted by molar-refractivity contribution is 6.37. The van der Waals surface area contributed by atoms with Crippen LogP contribution in [0.5, 0.6) is 0 Å². The van der Waals surface area contributed by atoms with Crippen LogP contribution in [0.4, 0.5) is 0 Å². The maximum atomic E-state index is 12.1. The fourth-order valence-corrected chi connectivity index (χ4v) is 2.77. The molecule has 1 aliphatic heterocycles. The zero-order valence-electron chi connectivity index (χ0n) is 11.5. The number of likely N-dealkylation sites (tertiary alicyclic amines) is 1. The predicted molar refractivity (Wildman–Crippen MR) is 82.2 cm³/mol. The molecule has 1 saturated heterocycles. The summed E-state index contributed by atoms with van der Waals surface area (Å²) in [5.41, 5.74) is 0.609. The first-order valence-corrected chi connectivity index (χ1v) is 7.27. The van der Waals surface area contributed by atoms with Gasteiger partial charge in [0.15, 0.2) is 0 Å². The molecule has 0 radical (unpaired) electrons. The van der Waals surface area contributed by atoms with Gasteiger partial charge in [-0.05, 0) is 24.6 Å². The number of rotatable bonds is 3. The van der Waals surface area contributed by atoms with Crippen LogP contribution >= 0.6 is 23.2 Å². The SMILES string of the molecule is COC(=O)C1CCN(C(=O)/C=C/c2c(Cl)cccc2Cl)C1. The van der Waals surface area contributed by atoms with E-state index in [4.69, 9.17) is 27.9 Å². The van der Waals surface area contributed by atoms with Crippen LogP contribution in [0.15, 0.2) is 24.3 Å². The second-order valence-electron chi connectivity index (χ2n) is 4.76. The van der Waals surface area contributed by atoms with Crippen molar-refractivity contribution in [3.63, 3.8) is 0 Å². The molecule has 0 spiro atoms. The Labute approximate surface area is 133 Å². The molecule has 112 valence electrons. The number of amides is 1. The Morgan fingerprint density at radius 3 is 2.62 bits per heavy atom. The van der Waals surface area contributed by atoms with Crippen LogP contribution in [0.1, 0.15) is 12.0 Å². The lowest BCUT2D eigenvalue weighted by molar-refractivity contribution is -0.145. The highest BCUT2D eigenvalue weighted by atomic mass is 35.5. The van der Waals surface area contributed by atoms with Gasteiger partial charge < -0.3 is 9.64 Å². The number of nitrogens with zero attached hydrogens (tertiary/aromatic N) is 1. The minimum atomic E-state index is -0.275. The van der Waals surface area contributed by atoms with E-state index in [0.29, 0.717) is 35.1 Å². The Bertz CT molecular complexity index is 566. The summed E-state index contributed by atoms with van der Waals surface area (Å²) in [5, 5.41) is 0.973. The van der Waals surface area contributed by atoms with E-state index in [-0.39, 0.29) is 17.8 Å². The molecule has 1 unspecified atom stereocenters. The van der Waals surface area contributed by atoms with Crippen LogP contribution < -0.4 is 0 Å². The normalized spacial score (nSPS) is 18.2. The third kappa shape index (κ3) is 3.77. The molecule has 6 heteroatoms. The minimum absolute atomic E-state index is 0.169. The van der Waals surface area contributed by atoms with Crippen LogP contribution in [0.2, 0.25) is 10.0 Å². The Balaban J connectivity index is 2.02. The van der Waals surface area contributed by atoms with Crippen molar-refractivity contribution in [3.8, 4) is 0 Å². The monoisotopic (exact) mass is 327 g/mol. The van der Waals surface area contributed by atoms with E-state index in [9.17, 15) is 9.59 Å². The molecule has 1 amide bonds. The molecular formula is C15H15Cl2NO3. The third-order valence-electron chi connectivity index (χ3n) is 3.43. The zero-order chi connectivity index (χ0) is 15.4. The van der Waals surface area contributed by atoms with Crippen molar-refractivity contribution in [2.75, 3.05) is 20.2 Å².